The molecule has 0 amide bonds. The molecule has 6 atom stereocenters. The fraction of sp³-hybridized carbons (Fsp3) is 0.929. The lowest BCUT2D eigenvalue weighted by molar-refractivity contribution is -0.301. The van der Waals surface area contributed by atoms with Crippen molar-refractivity contribution in [3.63, 3.8) is 0 Å². The molecule has 0 radical (unpaired) electrons. The highest BCUT2D eigenvalue weighted by atomic mass is 32.3. The van der Waals surface area contributed by atoms with Gasteiger partial charge in [-0.15, -0.1) is 0 Å². The van der Waals surface area contributed by atoms with E-state index >= 15 is 0 Å². The molecule has 55 heavy (non-hydrogen) atoms. The summed E-state index contributed by atoms with van der Waals surface area (Å²) in [6.45, 7) is 3.99. The van der Waals surface area contributed by atoms with Crippen molar-refractivity contribution in [2.45, 2.75) is 224 Å². The number of aliphatic hydroxyl groups excluding tert-OH is 3. The van der Waals surface area contributed by atoms with Crippen molar-refractivity contribution in [1.29, 1.82) is 0 Å². The minimum Gasteiger partial charge on any atom is -0.457 e. The van der Waals surface area contributed by atoms with Gasteiger partial charge in [-0.1, -0.05) is 154 Å². The van der Waals surface area contributed by atoms with Gasteiger partial charge in [-0.2, -0.15) is 8.42 Å². The number of hydrogen-bond acceptors (Lipinski definition) is 11. The predicted molar refractivity (Wildman–Crippen MR) is 216 cm³/mol. The van der Waals surface area contributed by atoms with E-state index in [0.29, 0.717) is 13.0 Å². The second-order valence-electron chi connectivity index (χ2n) is 15.3. The highest BCUT2D eigenvalue weighted by molar-refractivity contribution is 7.80. The van der Waals surface area contributed by atoms with E-state index in [0.717, 1.165) is 57.8 Å². The van der Waals surface area contributed by atoms with E-state index in [1.54, 1.807) is 0 Å². The number of hydrogen-bond donors (Lipinski definition) is 4. The van der Waals surface area contributed by atoms with Crippen LogP contribution in [0.4, 0.5) is 0 Å². The summed E-state index contributed by atoms with van der Waals surface area (Å²) in [6, 6.07) is 0. The lowest BCUT2D eigenvalue weighted by Crippen LogP contribution is -2.60. The third kappa shape index (κ3) is 28.8. The largest absolute Gasteiger partial charge is 0.457 e. The maximum absolute atomic E-state index is 12.8. The Morgan fingerprint density at radius 1 is 0.673 bits per heavy atom. The number of carbonyl (C=O) groups excluding carboxylic acids is 1. The number of unbranched alkanes of at least 4 members (excludes halogenated alkanes) is 23. The summed E-state index contributed by atoms with van der Waals surface area (Å²) in [5.74, 6) is -0.405. The van der Waals surface area contributed by atoms with E-state index in [9.17, 15) is 28.5 Å². The van der Waals surface area contributed by atoms with E-state index < -0.39 is 59.8 Å². The molecule has 0 aliphatic carbocycles. The fourth-order valence-corrected chi connectivity index (χ4v) is 7.29. The van der Waals surface area contributed by atoms with E-state index in [4.69, 9.17) is 23.5 Å². The molecule has 1 heterocycles. The van der Waals surface area contributed by atoms with Crippen LogP contribution in [0, 0.1) is 0 Å². The number of esters is 1. The van der Waals surface area contributed by atoms with Gasteiger partial charge in [-0.3, -0.25) is 9.35 Å². The summed E-state index contributed by atoms with van der Waals surface area (Å²) in [5, 5.41) is 30.6. The van der Waals surface area contributed by atoms with Gasteiger partial charge in [0.2, 0.25) is 0 Å². The van der Waals surface area contributed by atoms with Crippen LogP contribution in [0.15, 0.2) is 12.2 Å². The normalized spacial score (nSPS) is 21.0. The number of aliphatic hydroxyl groups is 3. The molecule has 0 aromatic rings. The van der Waals surface area contributed by atoms with Crippen LogP contribution < -0.4 is 0 Å². The van der Waals surface area contributed by atoms with Crippen molar-refractivity contribution >= 4 is 16.4 Å². The summed E-state index contributed by atoms with van der Waals surface area (Å²) in [5.41, 5.74) is 0. The van der Waals surface area contributed by atoms with Crippen molar-refractivity contribution in [3.05, 3.63) is 12.2 Å². The Bertz CT molecular complexity index is 1030. The van der Waals surface area contributed by atoms with Crippen molar-refractivity contribution in [1.82, 2.24) is 0 Å². The maximum atomic E-state index is 12.8. The highest BCUT2D eigenvalue weighted by Gasteiger charge is 2.48. The van der Waals surface area contributed by atoms with Crippen LogP contribution in [0.2, 0.25) is 0 Å². The topological polar surface area (TPSA) is 178 Å². The van der Waals surface area contributed by atoms with Crippen molar-refractivity contribution in [2.75, 3.05) is 26.4 Å². The molecular weight excluding hydrogens is 729 g/mol. The molecule has 0 bridgehead atoms. The van der Waals surface area contributed by atoms with Gasteiger partial charge in [0, 0.05) is 13.0 Å². The van der Waals surface area contributed by atoms with Gasteiger partial charge in [0.25, 0.3) is 0 Å². The van der Waals surface area contributed by atoms with Crippen LogP contribution in [-0.4, -0.2) is 97.5 Å². The van der Waals surface area contributed by atoms with Gasteiger partial charge in [-0.25, -0.2) is 4.18 Å². The standard InChI is InChI=1S/C42H80O12S/c1-3-5-7-9-11-13-15-17-18-19-20-21-23-25-27-29-31-38(44)52-36(34-50-32-30-28-26-24-22-16-14-12-10-8-6-4-2)35-51-42-40(46)41(54-55(47,48)49)39(45)37(33-43)53-42/h18-19,36-37,39-43,45-46H,3-17,20-35H2,1-2H3,(H,47,48,49)/b19-18-. The van der Waals surface area contributed by atoms with Gasteiger partial charge in [0.05, 0.1) is 19.8 Å². The first-order chi connectivity index (χ1) is 26.6. The highest BCUT2D eigenvalue weighted by Crippen LogP contribution is 2.26. The monoisotopic (exact) mass is 809 g/mol. The average Bonchev–Trinajstić information content (AvgIpc) is 3.15. The molecule has 6 unspecified atom stereocenters. The van der Waals surface area contributed by atoms with Gasteiger partial charge < -0.3 is 34.3 Å². The first-order valence-electron chi connectivity index (χ1n) is 21.9. The number of ether oxygens (including phenoxy) is 4. The van der Waals surface area contributed by atoms with Crippen molar-refractivity contribution in [2.24, 2.45) is 0 Å². The first kappa shape index (κ1) is 51.9. The average molecular weight is 809 g/mol. The van der Waals surface area contributed by atoms with Crippen LogP contribution in [0.25, 0.3) is 0 Å². The Morgan fingerprint density at radius 2 is 1.15 bits per heavy atom. The van der Waals surface area contributed by atoms with Crippen LogP contribution in [-0.2, 0) is 38.3 Å². The first-order valence-corrected chi connectivity index (χ1v) is 23.3. The molecule has 1 rings (SSSR count). The van der Waals surface area contributed by atoms with E-state index in [2.05, 4.69) is 30.2 Å². The molecule has 0 saturated carbocycles. The number of rotatable bonds is 38. The Hall–Kier alpha value is -1.16. The van der Waals surface area contributed by atoms with Crippen LogP contribution >= 0.6 is 0 Å². The molecule has 13 heteroatoms. The van der Waals surface area contributed by atoms with Crippen molar-refractivity contribution in [3.8, 4) is 0 Å². The van der Waals surface area contributed by atoms with Crippen LogP contribution in [0.3, 0.4) is 0 Å². The molecule has 0 aromatic carbocycles. The summed E-state index contributed by atoms with van der Waals surface area (Å²) < 4.78 is 58.9. The van der Waals surface area contributed by atoms with Crippen molar-refractivity contribution < 1.29 is 56.2 Å². The minimum absolute atomic E-state index is 0.0378. The van der Waals surface area contributed by atoms with E-state index in [1.165, 1.54) is 103 Å². The van der Waals surface area contributed by atoms with Gasteiger partial charge in [0.1, 0.15) is 30.5 Å². The molecular formula is C42H80O12S. The predicted octanol–water partition coefficient (Wildman–Crippen LogP) is 8.69. The van der Waals surface area contributed by atoms with Crippen LogP contribution in [0.5, 0.6) is 0 Å². The molecule has 0 spiro atoms. The smallest absolute Gasteiger partial charge is 0.397 e. The van der Waals surface area contributed by atoms with Gasteiger partial charge in [-0.05, 0) is 38.5 Å². The van der Waals surface area contributed by atoms with E-state index in [1.807, 2.05) is 0 Å². The Balaban J connectivity index is 2.45. The SMILES string of the molecule is CCCCCCCCC/C=C\CCCCCCCC(=O)OC(COCCCCCCCCCCCCCC)COC1OC(CO)C(O)C(OS(=O)(=O)O)C1O. The third-order valence-corrected chi connectivity index (χ3v) is 10.6. The lowest BCUT2D eigenvalue weighted by atomic mass is 9.99. The summed E-state index contributed by atoms with van der Waals surface area (Å²) >= 11 is 0. The maximum Gasteiger partial charge on any atom is 0.397 e. The molecule has 12 nitrogen and oxygen atoms in total. The molecule has 1 saturated heterocycles. The zero-order chi connectivity index (χ0) is 40.4. The quantitative estimate of drug-likeness (QED) is 0.0202. The second kappa shape index (κ2) is 34.8. The molecule has 0 aromatic heterocycles. The molecule has 1 fully saturated rings. The Morgan fingerprint density at radius 3 is 1.64 bits per heavy atom. The fourth-order valence-electron chi connectivity index (χ4n) is 6.78. The minimum atomic E-state index is -5.06. The number of carbonyl (C=O) groups is 1. The zero-order valence-corrected chi connectivity index (χ0v) is 35.3. The van der Waals surface area contributed by atoms with Gasteiger partial charge >= 0.3 is 16.4 Å². The third-order valence-electron chi connectivity index (χ3n) is 10.1. The summed E-state index contributed by atoms with van der Waals surface area (Å²) in [4.78, 5) is 12.8. The summed E-state index contributed by atoms with van der Waals surface area (Å²) in [6.07, 6.45) is 26.7. The lowest BCUT2D eigenvalue weighted by Gasteiger charge is -2.41. The van der Waals surface area contributed by atoms with E-state index in [-0.39, 0.29) is 19.6 Å². The summed E-state index contributed by atoms with van der Waals surface area (Å²) in [7, 11) is -5.06. The number of allylic oxidation sites excluding steroid dienone is 2. The molecule has 1 aliphatic rings. The molecule has 1 aliphatic heterocycles. The second-order valence-corrected chi connectivity index (χ2v) is 16.3. The Labute approximate surface area is 334 Å². The zero-order valence-electron chi connectivity index (χ0n) is 34.5. The van der Waals surface area contributed by atoms with Gasteiger partial charge in [0.15, 0.2) is 6.29 Å². The molecule has 326 valence electrons. The Kier molecular flexibility index (Phi) is 32.9. The van der Waals surface area contributed by atoms with Crippen LogP contribution in [0.1, 0.15) is 187 Å². The molecule has 4 N–H and O–H groups in total.